The van der Waals surface area contributed by atoms with Gasteiger partial charge in [-0.25, -0.2) is 4.98 Å². The van der Waals surface area contributed by atoms with Gasteiger partial charge in [0.2, 0.25) is 5.76 Å². The maximum Gasteiger partial charge on any atom is 0.291 e. The third-order valence-corrected chi connectivity index (χ3v) is 2.61. The summed E-state index contributed by atoms with van der Waals surface area (Å²) in [6.07, 6.45) is 0.859. The molecular weight excluding hydrogens is 194 g/mol. The summed E-state index contributed by atoms with van der Waals surface area (Å²) in [6.45, 7) is 4.83. The first kappa shape index (κ1) is 10.2. The molecule has 1 aromatic rings. The zero-order chi connectivity index (χ0) is 11.0. The van der Waals surface area contributed by atoms with Crippen LogP contribution in [0.2, 0.25) is 0 Å². The lowest BCUT2D eigenvalue weighted by atomic mass is 10.3. The van der Waals surface area contributed by atoms with Crippen molar-refractivity contribution in [2.24, 2.45) is 5.73 Å². The molecule has 1 saturated heterocycles. The molecule has 2 N–H and O–H groups in total. The SMILES string of the molecule is Cc1nc(C)c(C(=O)N2CC[C@H](N)C2)o1. The molecule has 1 aromatic heterocycles. The molecule has 15 heavy (non-hydrogen) atoms. The molecule has 0 aromatic carbocycles. The zero-order valence-corrected chi connectivity index (χ0v) is 8.99. The molecule has 0 saturated carbocycles. The second kappa shape index (κ2) is 3.66. The molecule has 1 aliphatic heterocycles. The first-order valence-corrected chi connectivity index (χ1v) is 5.07. The van der Waals surface area contributed by atoms with Gasteiger partial charge in [-0.2, -0.15) is 0 Å². The van der Waals surface area contributed by atoms with E-state index in [4.69, 9.17) is 10.2 Å². The van der Waals surface area contributed by atoms with E-state index < -0.39 is 0 Å². The van der Waals surface area contributed by atoms with Crippen LogP contribution in [0, 0.1) is 13.8 Å². The Kier molecular flexibility index (Phi) is 2.48. The summed E-state index contributed by atoms with van der Waals surface area (Å²) in [7, 11) is 0. The van der Waals surface area contributed by atoms with Crippen LogP contribution in [-0.4, -0.2) is 34.9 Å². The average Bonchev–Trinajstić information content (AvgIpc) is 2.71. The maximum atomic E-state index is 12.0. The van der Waals surface area contributed by atoms with Crippen molar-refractivity contribution in [3.05, 3.63) is 17.3 Å². The topological polar surface area (TPSA) is 72.4 Å². The number of likely N-dealkylation sites (tertiary alicyclic amines) is 1. The van der Waals surface area contributed by atoms with E-state index in [-0.39, 0.29) is 11.9 Å². The summed E-state index contributed by atoms with van der Waals surface area (Å²) in [6, 6.07) is 0.0956. The van der Waals surface area contributed by atoms with E-state index in [0.717, 1.165) is 6.42 Å². The Labute approximate surface area is 88.3 Å². The van der Waals surface area contributed by atoms with Gasteiger partial charge in [0.1, 0.15) is 0 Å². The number of aromatic nitrogens is 1. The van der Waals surface area contributed by atoms with E-state index in [1.54, 1.807) is 18.7 Å². The predicted molar refractivity (Wildman–Crippen MR) is 54.5 cm³/mol. The van der Waals surface area contributed by atoms with Crippen LogP contribution < -0.4 is 5.73 Å². The third kappa shape index (κ3) is 1.87. The Hall–Kier alpha value is -1.36. The lowest BCUT2D eigenvalue weighted by Gasteiger charge is -2.13. The lowest BCUT2D eigenvalue weighted by molar-refractivity contribution is 0.0757. The average molecular weight is 209 g/mol. The molecular formula is C10H15N3O2. The second-order valence-corrected chi connectivity index (χ2v) is 3.95. The van der Waals surface area contributed by atoms with Gasteiger partial charge in [0.05, 0.1) is 5.69 Å². The fraction of sp³-hybridized carbons (Fsp3) is 0.600. The fourth-order valence-electron chi connectivity index (χ4n) is 1.85. The molecule has 1 atom stereocenters. The number of hydrogen-bond donors (Lipinski definition) is 1. The lowest BCUT2D eigenvalue weighted by Crippen LogP contribution is -2.32. The van der Waals surface area contributed by atoms with Crippen molar-refractivity contribution in [2.75, 3.05) is 13.1 Å². The van der Waals surface area contributed by atoms with E-state index in [2.05, 4.69) is 4.98 Å². The van der Waals surface area contributed by atoms with Crippen LogP contribution in [0.25, 0.3) is 0 Å². The maximum absolute atomic E-state index is 12.0. The number of amides is 1. The highest BCUT2D eigenvalue weighted by atomic mass is 16.4. The van der Waals surface area contributed by atoms with Crippen molar-refractivity contribution < 1.29 is 9.21 Å². The molecule has 1 fully saturated rings. The summed E-state index contributed by atoms with van der Waals surface area (Å²) >= 11 is 0. The van der Waals surface area contributed by atoms with E-state index in [9.17, 15) is 4.79 Å². The van der Waals surface area contributed by atoms with Gasteiger partial charge in [0.25, 0.3) is 5.91 Å². The number of aryl methyl sites for hydroxylation is 2. The Bertz CT molecular complexity index is 386. The van der Waals surface area contributed by atoms with Gasteiger partial charge >= 0.3 is 0 Å². The monoisotopic (exact) mass is 209 g/mol. The van der Waals surface area contributed by atoms with Crippen LogP contribution in [0.3, 0.4) is 0 Å². The van der Waals surface area contributed by atoms with Crippen molar-refractivity contribution in [1.29, 1.82) is 0 Å². The highest BCUT2D eigenvalue weighted by Crippen LogP contribution is 2.16. The summed E-state index contributed by atoms with van der Waals surface area (Å²) in [4.78, 5) is 17.8. The number of oxazole rings is 1. The van der Waals surface area contributed by atoms with Gasteiger partial charge in [0.15, 0.2) is 5.89 Å². The summed E-state index contributed by atoms with van der Waals surface area (Å²) < 4.78 is 5.28. The van der Waals surface area contributed by atoms with Crippen LogP contribution >= 0.6 is 0 Å². The molecule has 1 amide bonds. The van der Waals surface area contributed by atoms with Crippen molar-refractivity contribution >= 4 is 5.91 Å². The van der Waals surface area contributed by atoms with Crippen molar-refractivity contribution in [3.8, 4) is 0 Å². The Balaban J connectivity index is 2.17. The molecule has 5 nitrogen and oxygen atoms in total. The first-order valence-electron chi connectivity index (χ1n) is 5.07. The van der Waals surface area contributed by atoms with E-state index in [0.29, 0.717) is 30.4 Å². The predicted octanol–water partition coefficient (Wildman–Crippen LogP) is 0.465. The standard InChI is InChI=1S/C10H15N3O2/c1-6-9(15-7(2)12-6)10(14)13-4-3-8(11)5-13/h8H,3-5,11H2,1-2H3/t8-/m0/s1. The van der Waals surface area contributed by atoms with Gasteiger partial charge in [-0.15, -0.1) is 0 Å². The van der Waals surface area contributed by atoms with Crippen molar-refractivity contribution in [1.82, 2.24) is 9.88 Å². The molecule has 0 radical (unpaired) electrons. The van der Waals surface area contributed by atoms with Gasteiger partial charge in [-0.05, 0) is 13.3 Å². The Morgan fingerprint density at radius 2 is 2.33 bits per heavy atom. The Morgan fingerprint density at radius 3 is 2.80 bits per heavy atom. The number of nitrogens with two attached hydrogens (primary N) is 1. The summed E-state index contributed by atoms with van der Waals surface area (Å²) in [5.41, 5.74) is 6.40. The molecule has 0 bridgehead atoms. The van der Waals surface area contributed by atoms with Gasteiger partial charge in [0, 0.05) is 26.1 Å². The molecule has 0 unspecified atom stereocenters. The largest absolute Gasteiger partial charge is 0.436 e. The molecule has 2 heterocycles. The van der Waals surface area contributed by atoms with E-state index in [1.165, 1.54) is 0 Å². The van der Waals surface area contributed by atoms with E-state index in [1.807, 2.05) is 0 Å². The van der Waals surface area contributed by atoms with Crippen molar-refractivity contribution in [3.63, 3.8) is 0 Å². The summed E-state index contributed by atoms with van der Waals surface area (Å²) in [5.74, 6) is 0.780. The highest BCUT2D eigenvalue weighted by molar-refractivity contribution is 5.92. The van der Waals surface area contributed by atoms with Gasteiger partial charge < -0.3 is 15.1 Å². The number of carbonyl (C=O) groups excluding carboxylic acids is 1. The first-order chi connectivity index (χ1) is 7.08. The van der Waals surface area contributed by atoms with Gasteiger partial charge in [-0.3, -0.25) is 4.79 Å². The molecule has 5 heteroatoms. The molecule has 0 spiro atoms. The fourth-order valence-corrected chi connectivity index (χ4v) is 1.85. The molecule has 82 valence electrons. The van der Waals surface area contributed by atoms with Crippen LogP contribution in [0.5, 0.6) is 0 Å². The van der Waals surface area contributed by atoms with Crippen LogP contribution in [-0.2, 0) is 0 Å². The summed E-state index contributed by atoms with van der Waals surface area (Å²) in [5, 5.41) is 0. The number of rotatable bonds is 1. The Morgan fingerprint density at radius 1 is 1.60 bits per heavy atom. The van der Waals surface area contributed by atoms with Crippen LogP contribution in [0.15, 0.2) is 4.42 Å². The smallest absolute Gasteiger partial charge is 0.291 e. The quantitative estimate of drug-likeness (QED) is 0.729. The number of hydrogen-bond acceptors (Lipinski definition) is 4. The van der Waals surface area contributed by atoms with E-state index >= 15 is 0 Å². The third-order valence-electron chi connectivity index (χ3n) is 2.61. The normalized spacial score (nSPS) is 21.0. The minimum atomic E-state index is -0.0962. The number of carbonyl (C=O) groups is 1. The van der Waals surface area contributed by atoms with Gasteiger partial charge in [-0.1, -0.05) is 0 Å². The minimum absolute atomic E-state index is 0.0956. The zero-order valence-electron chi connectivity index (χ0n) is 8.99. The van der Waals surface area contributed by atoms with Crippen LogP contribution in [0.4, 0.5) is 0 Å². The van der Waals surface area contributed by atoms with Crippen LogP contribution in [0.1, 0.15) is 28.6 Å². The van der Waals surface area contributed by atoms with Crippen molar-refractivity contribution in [2.45, 2.75) is 26.3 Å². The minimum Gasteiger partial charge on any atom is -0.436 e. The number of nitrogens with zero attached hydrogens (tertiary/aromatic N) is 2. The molecule has 0 aliphatic carbocycles. The second-order valence-electron chi connectivity index (χ2n) is 3.95. The molecule has 2 rings (SSSR count). The highest BCUT2D eigenvalue weighted by Gasteiger charge is 2.28. The molecule has 1 aliphatic rings.